The summed E-state index contributed by atoms with van der Waals surface area (Å²) in [4.78, 5) is 23.8. The van der Waals surface area contributed by atoms with Crippen molar-refractivity contribution < 1.29 is 18.0 Å². The number of ketones is 1. The van der Waals surface area contributed by atoms with Crippen LogP contribution in [0.2, 0.25) is 0 Å². The molecule has 0 fully saturated rings. The molecule has 0 saturated carbocycles. The summed E-state index contributed by atoms with van der Waals surface area (Å²) in [6, 6.07) is 9.27. The van der Waals surface area contributed by atoms with Crippen molar-refractivity contribution in [1.29, 1.82) is 0 Å². The fraction of sp³-hybridized carbons (Fsp3) is 0.0667. The van der Waals surface area contributed by atoms with Gasteiger partial charge in [0.15, 0.2) is 11.4 Å². The molecule has 0 aliphatic heterocycles. The van der Waals surface area contributed by atoms with Gasteiger partial charge < -0.3 is 4.42 Å². The minimum atomic E-state index is -0.958. The summed E-state index contributed by atoms with van der Waals surface area (Å²) in [6.45, 7) is -0.377. The van der Waals surface area contributed by atoms with Gasteiger partial charge in [-0.3, -0.25) is 9.36 Å². The molecule has 3 rings (SSSR count). The van der Waals surface area contributed by atoms with Crippen LogP contribution in [0.3, 0.4) is 0 Å². The summed E-state index contributed by atoms with van der Waals surface area (Å²) in [6.07, 6.45) is 0. The summed E-state index contributed by atoms with van der Waals surface area (Å²) < 4.78 is 32.5. The second-order valence-corrected chi connectivity index (χ2v) is 4.47. The molecule has 21 heavy (non-hydrogen) atoms. The highest BCUT2D eigenvalue weighted by atomic mass is 19.1. The first-order chi connectivity index (χ1) is 10.1. The minimum absolute atomic E-state index is 0.270. The van der Waals surface area contributed by atoms with Crippen LogP contribution in [0.4, 0.5) is 8.78 Å². The number of hydrogen-bond acceptors (Lipinski definition) is 3. The van der Waals surface area contributed by atoms with E-state index in [9.17, 15) is 18.4 Å². The zero-order valence-electron chi connectivity index (χ0n) is 10.7. The van der Waals surface area contributed by atoms with E-state index in [1.54, 1.807) is 24.3 Å². The molecule has 4 nitrogen and oxygen atoms in total. The molecule has 0 spiro atoms. The van der Waals surface area contributed by atoms with Crippen molar-refractivity contribution in [2.45, 2.75) is 6.54 Å². The summed E-state index contributed by atoms with van der Waals surface area (Å²) >= 11 is 0. The van der Waals surface area contributed by atoms with Crippen molar-refractivity contribution in [2.24, 2.45) is 0 Å². The number of hydrogen-bond donors (Lipinski definition) is 0. The third-order valence-corrected chi connectivity index (χ3v) is 3.11. The van der Waals surface area contributed by atoms with E-state index in [2.05, 4.69) is 0 Å². The number of rotatable bonds is 3. The van der Waals surface area contributed by atoms with Gasteiger partial charge in [0.05, 0.1) is 17.6 Å². The molecule has 0 saturated heterocycles. The van der Waals surface area contributed by atoms with Gasteiger partial charge in [0, 0.05) is 6.07 Å². The van der Waals surface area contributed by atoms with Crippen LogP contribution in [-0.2, 0) is 6.54 Å². The lowest BCUT2D eigenvalue weighted by molar-refractivity contribution is 0.0966. The number of para-hydroxylation sites is 2. The molecule has 6 heteroatoms. The Morgan fingerprint density at radius 1 is 1.14 bits per heavy atom. The smallest absolute Gasteiger partial charge is 0.408 e. The van der Waals surface area contributed by atoms with Gasteiger partial charge in [0.2, 0.25) is 0 Å². The molecule has 0 unspecified atom stereocenters. The number of halogens is 2. The maximum Gasteiger partial charge on any atom is 0.420 e. The van der Waals surface area contributed by atoms with Crippen molar-refractivity contribution in [1.82, 2.24) is 4.57 Å². The van der Waals surface area contributed by atoms with Gasteiger partial charge in [-0.1, -0.05) is 12.1 Å². The molecule has 0 amide bonds. The van der Waals surface area contributed by atoms with Crippen LogP contribution < -0.4 is 5.76 Å². The average molecular weight is 289 g/mol. The van der Waals surface area contributed by atoms with Gasteiger partial charge in [-0.2, -0.15) is 0 Å². The normalized spacial score (nSPS) is 11.0. The number of oxazole rings is 1. The van der Waals surface area contributed by atoms with Crippen molar-refractivity contribution in [3.05, 3.63) is 70.2 Å². The summed E-state index contributed by atoms with van der Waals surface area (Å²) in [7, 11) is 0. The second kappa shape index (κ2) is 4.97. The lowest BCUT2D eigenvalue weighted by Crippen LogP contribution is -2.20. The Morgan fingerprint density at radius 2 is 1.90 bits per heavy atom. The van der Waals surface area contributed by atoms with Crippen LogP contribution in [0.15, 0.2) is 51.7 Å². The van der Waals surface area contributed by atoms with Crippen molar-refractivity contribution in [3.8, 4) is 0 Å². The van der Waals surface area contributed by atoms with Crippen LogP contribution in [0, 0.1) is 11.6 Å². The molecule has 1 aromatic heterocycles. The molecule has 3 aromatic rings. The zero-order valence-corrected chi connectivity index (χ0v) is 10.7. The number of carbonyl (C=O) groups is 1. The summed E-state index contributed by atoms with van der Waals surface area (Å²) in [5, 5.41) is 0. The Labute approximate surface area is 117 Å². The van der Waals surface area contributed by atoms with E-state index >= 15 is 0 Å². The highest BCUT2D eigenvalue weighted by molar-refractivity contribution is 5.96. The predicted molar refractivity (Wildman–Crippen MR) is 71.2 cm³/mol. The number of aromatic nitrogens is 1. The molecule has 0 aliphatic rings. The Balaban J connectivity index is 2.00. The number of nitrogens with zero attached hydrogens (tertiary/aromatic N) is 1. The molecule has 0 aliphatic carbocycles. The van der Waals surface area contributed by atoms with Gasteiger partial charge in [-0.15, -0.1) is 0 Å². The zero-order chi connectivity index (χ0) is 15.0. The van der Waals surface area contributed by atoms with Crippen molar-refractivity contribution in [2.75, 3.05) is 0 Å². The first kappa shape index (κ1) is 13.2. The molecule has 0 radical (unpaired) electrons. The molecular weight excluding hydrogens is 280 g/mol. The molecule has 2 aromatic carbocycles. The number of fused-ring (bicyclic) bond motifs is 1. The lowest BCUT2D eigenvalue weighted by Gasteiger charge is -2.03. The van der Waals surface area contributed by atoms with Gasteiger partial charge in [0.1, 0.15) is 11.6 Å². The highest BCUT2D eigenvalue weighted by Gasteiger charge is 2.17. The van der Waals surface area contributed by atoms with E-state index < -0.39 is 23.2 Å². The van der Waals surface area contributed by atoms with Crippen LogP contribution in [-0.4, -0.2) is 10.4 Å². The predicted octanol–water partition coefficient (Wildman–Crippen LogP) is 2.76. The van der Waals surface area contributed by atoms with Gasteiger partial charge in [-0.25, -0.2) is 13.6 Å². The standard InChI is InChI=1S/C15H9F2NO3/c16-9-5-6-10(11(17)7-9)13(19)8-18-12-3-1-2-4-14(12)21-15(18)20/h1-7H,8H2. The van der Waals surface area contributed by atoms with E-state index in [1.807, 2.05) is 0 Å². The van der Waals surface area contributed by atoms with E-state index in [-0.39, 0.29) is 12.1 Å². The fourth-order valence-corrected chi connectivity index (χ4v) is 2.11. The Morgan fingerprint density at radius 3 is 2.67 bits per heavy atom. The second-order valence-electron chi connectivity index (χ2n) is 4.47. The summed E-state index contributed by atoms with van der Waals surface area (Å²) in [5.41, 5.74) is 0.516. The van der Waals surface area contributed by atoms with Crippen LogP contribution in [0.1, 0.15) is 10.4 Å². The first-order valence-corrected chi connectivity index (χ1v) is 6.13. The molecule has 0 atom stereocenters. The van der Waals surface area contributed by atoms with E-state index in [0.717, 1.165) is 16.7 Å². The maximum atomic E-state index is 13.6. The largest absolute Gasteiger partial charge is 0.420 e. The Bertz CT molecular complexity index is 895. The topological polar surface area (TPSA) is 52.2 Å². The van der Waals surface area contributed by atoms with E-state index in [4.69, 9.17) is 4.42 Å². The molecule has 1 heterocycles. The number of benzene rings is 2. The van der Waals surface area contributed by atoms with Crippen molar-refractivity contribution >= 4 is 16.9 Å². The first-order valence-electron chi connectivity index (χ1n) is 6.13. The quantitative estimate of drug-likeness (QED) is 0.697. The van der Waals surface area contributed by atoms with E-state index in [1.165, 1.54) is 0 Å². The summed E-state index contributed by atoms with van der Waals surface area (Å²) in [5.74, 6) is -3.07. The maximum absolute atomic E-state index is 13.6. The van der Waals surface area contributed by atoms with Gasteiger partial charge in [-0.05, 0) is 24.3 Å². The molecule has 0 N–H and O–H groups in total. The third-order valence-electron chi connectivity index (χ3n) is 3.11. The number of carbonyl (C=O) groups excluding carboxylic acids is 1. The third kappa shape index (κ3) is 2.35. The Hall–Kier alpha value is -2.76. The minimum Gasteiger partial charge on any atom is -0.408 e. The van der Waals surface area contributed by atoms with Crippen LogP contribution in [0.25, 0.3) is 11.1 Å². The SMILES string of the molecule is O=C(Cn1c(=O)oc2ccccc21)c1ccc(F)cc1F. The Kier molecular flexibility index (Phi) is 3.13. The monoisotopic (exact) mass is 289 g/mol. The number of Topliss-reactive ketones (excluding diaryl/α,β-unsaturated/α-hetero) is 1. The van der Waals surface area contributed by atoms with Gasteiger partial charge >= 0.3 is 5.76 Å². The van der Waals surface area contributed by atoms with Crippen LogP contribution >= 0.6 is 0 Å². The molecule has 0 bridgehead atoms. The highest BCUT2D eigenvalue weighted by Crippen LogP contribution is 2.15. The van der Waals surface area contributed by atoms with Gasteiger partial charge in [0.25, 0.3) is 0 Å². The lowest BCUT2D eigenvalue weighted by atomic mass is 10.1. The van der Waals surface area contributed by atoms with Crippen molar-refractivity contribution in [3.63, 3.8) is 0 Å². The molecule has 106 valence electrons. The fourth-order valence-electron chi connectivity index (χ4n) is 2.11. The van der Waals surface area contributed by atoms with Crippen LogP contribution in [0.5, 0.6) is 0 Å². The van der Waals surface area contributed by atoms with E-state index in [0.29, 0.717) is 17.2 Å². The molecular formula is C15H9F2NO3. The average Bonchev–Trinajstić information content (AvgIpc) is 2.75.